The first-order valence-corrected chi connectivity index (χ1v) is 10.4. The average molecular weight is 415 g/mol. The van der Waals surface area contributed by atoms with Crippen molar-refractivity contribution in [2.45, 2.75) is 30.4 Å². The molecule has 6 nitrogen and oxygen atoms in total. The maximum atomic E-state index is 12.5. The van der Waals surface area contributed by atoms with Crippen molar-refractivity contribution in [3.8, 4) is 5.75 Å². The zero-order valence-corrected chi connectivity index (χ0v) is 17.8. The van der Waals surface area contributed by atoms with Gasteiger partial charge in [0, 0.05) is 5.69 Å². The van der Waals surface area contributed by atoms with Crippen LogP contribution in [-0.2, 0) is 4.79 Å². The molecule has 28 heavy (non-hydrogen) atoms. The highest BCUT2D eigenvalue weighted by molar-refractivity contribution is 8.02. The third-order valence-electron chi connectivity index (χ3n) is 4.18. The fourth-order valence-corrected chi connectivity index (χ4v) is 4.35. The summed E-state index contributed by atoms with van der Waals surface area (Å²) in [5, 5.41) is 14.9. The quantitative estimate of drug-likeness (QED) is 0.528. The minimum Gasteiger partial charge on any atom is -0.495 e. The Balaban J connectivity index is 1.60. The zero-order valence-electron chi connectivity index (χ0n) is 16.1. The highest BCUT2D eigenvalue weighted by atomic mass is 32.2. The van der Waals surface area contributed by atoms with E-state index in [2.05, 4.69) is 46.8 Å². The van der Waals surface area contributed by atoms with Gasteiger partial charge >= 0.3 is 0 Å². The molecule has 2 aromatic carbocycles. The van der Waals surface area contributed by atoms with Crippen LogP contribution < -0.4 is 15.4 Å². The number of benzene rings is 2. The van der Waals surface area contributed by atoms with Gasteiger partial charge in [-0.15, -0.1) is 10.2 Å². The van der Waals surface area contributed by atoms with Crippen molar-refractivity contribution in [2.24, 2.45) is 0 Å². The van der Waals surface area contributed by atoms with Crippen molar-refractivity contribution < 1.29 is 9.53 Å². The van der Waals surface area contributed by atoms with E-state index in [1.54, 1.807) is 7.11 Å². The molecule has 0 radical (unpaired) electrons. The van der Waals surface area contributed by atoms with Crippen LogP contribution in [0, 0.1) is 13.8 Å². The number of ether oxygens (including phenoxy) is 1. The second-order valence-corrected chi connectivity index (χ2v) is 8.81. The number of rotatable bonds is 7. The molecular formula is C20H22N4O2S2. The van der Waals surface area contributed by atoms with E-state index in [0.717, 1.165) is 10.0 Å². The second-order valence-electron chi connectivity index (χ2n) is 6.25. The molecule has 0 saturated heterocycles. The predicted molar refractivity (Wildman–Crippen MR) is 116 cm³/mol. The number of hydrogen-bond acceptors (Lipinski definition) is 7. The number of carbonyl (C=O) groups excluding carboxylic acids is 1. The standard InChI is InChI=1S/C20H22N4O2S2/c1-12-9-10-15(11-13(12)2)21-19-23-24-20(28-19)27-14(3)18(25)22-16-7-5-6-8-17(16)26-4/h5-11,14H,1-4H3,(H,21,23)(H,22,25). The lowest BCUT2D eigenvalue weighted by molar-refractivity contribution is -0.115. The maximum absolute atomic E-state index is 12.5. The van der Waals surface area contributed by atoms with Crippen molar-refractivity contribution in [3.63, 3.8) is 0 Å². The van der Waals surface area contributed by atoms with Gasteiger partial charge in [0.15, 0.2) is 4.34 Å². The van der Waals surface area contributed by atoms with Crippen LogP contribution in [0.4, 0.5) is 16.5 Å². The van der Waals surface area contributed by atoms with Crippen LogP contribution >= 0.6 is 23.1 Å². The van der Waals surface area contributed by atoms with Crippen LogP contribution in [0.25, 0.3) is 0 Å². The lowest BCUT2D eigenvalue weighted by Crippen LogP contribution is -2.22. The summed E-state index contributed by atoms with van der Waals surface area (Å²) in [5.74, 6) is 0.511. The van der Waals surface area contributed by atoms with Gasteiger partial charge in [-0.2, -0.15) is 0 Å². The molecule has 1 heterocycles. The zero-order chi connectivity index (χ0) is 20.1. The van der Waals surface area contributed by atoms with Crippen molar-refractivity contribution in [1.82, 2.24) is 10.2 Å². The van der Waals surface area contributed by atoms with Gasteiger partial charge in [-0.05, 0) is 56.2 Å². The van der Waals surface area contributed by atoms with Gasteiger partial charge in [-0.3, -0.25) is 4.79 Å². The lowest BCUT2D eigenvalue weighted by Gasteiger charge is -2.12. The molecule has 0 aliphatic rings. The van der Waals surface area contributed by atoms with Gasteiger partial charge in [0.05, 0.1) is 18.0 Å². The molecule has 1 amide bonds. The Bertz CT molecular complexity index is 974. The Morgan fingerprint density at radius 1 is 1.14 bits per heavy atom. The highest BCUT2D eigenvalue weighted by Gasteiger charge is 2.18. The smallest absolute Gasteiger partial charge is 0.237 e. The number of para-hydroxylation sites is 2. The predicted octanol–water partition coefficient (Wildman–Crippen LogP) is 5.03. The summed E-state index contributed by atoms with van der Waals surface area (Å²) >= 11 is 2.80. The van der Waals surface area contributed by atoms with E-state index in [-0.39, 0.29) is 11.2 Å². The van der Waals surface area contributed by atoms with Crippen LogP contribution in [0.3, 0.4) is 0 Å². The number of amides is 1. The van der Waals surface area contributed by atoms with Gasteiger partial charge < -0.3 is 15.4 Å². The van der Waals surface area contributed by atoms with Gasteiger partial charge in [-0.1, -0.05) is 41.3 Å². The van der Waals surface area contributed by atoms with Crippen molar-refractivity contribution in [2.75, 3.05) is 17.7 Å². The van der Waals surface area contributed by atoms with Crippen molar-refractivity contribution >= 4 is 45.5 Å². The van der Waals surface area contributed by atoms with E-state index >= 15 is 0 Å². The Hall–Kier alpha value is -2.58. The van der Waals surface area contributed by atoms with Gasteiger partial charge in [-0.25, -0.2) is 0 Å². The molecule has 0 aliphatic heterocycles. The Kier molecular flexibility index (Phi) is 6.53. The number of methoxy groups -OCH3 is 1. The van der Waals surface area contributed by atoms with E-state index in [0.29, 0.717) is 16.6 Å². The fourth-order valence-electron chi connectivity index (χ4n) is 2.44. The normalized spacial score (nSPS) is 11.7. The number of nitrogens with one attached hydrogen (secondary N) is 2. The number of thioether (sulfide) groups is 1. The number of nitrogens with zero attached hydrogens (tertiary/aromatic N) is 2. The third-order valence-corrected chi connectivity index (χ3v) is 6.20. The topological polar surface area (TPSA) is 76.1 Å². The minimum atomic E-state index is -0.327. The van der Waals surface area contributed by atoms with Crippen molar-refractivity contribution in [1.29, 1.82) is 0 Å². The van der Waals surface area contributed by atoms with Gasteiger partial charge in [0.25, 0.3) is 0 Å². The molecule has 1 atom stereocenters. The number of hydrogen-bond donors (Lipinski definition) is 2. The molecule has 1 unspecified atom stereocenters. The fraction of sp³-hybridized carbons (Fsp3) is 0.250. The molecule has 8 heteroatoms. The van der Waals surface area contributed by atoms with Crippen molar-refractivity contribution in [3.05, 3.63) is 53.6 Å². The second kappa shape index (κ2) is 9.07. The first-order chi connectivity index (χ1) is 13.5. The largest absolute Gasteiger partial charge is 0.495 e. The molecule has 0 saturated carbocycles. The van der Waals surface area contributed by atoms with Crippen LogP contribution in [-0.4, -0.2) is 28.5 Å². The monoisotopic (exact) mass is 414 g/mol. The van der Waals surface area contributed by atoms with E-state index in [9.17, 15) is 4.79 Å². The van der Waals surface area contributed by atoms with Gasteiger partial charge in [0.2, 0.25) is 11.0 Å². The SMILES string of the molecule is COc1ccccc1NC(=O)C(C)Sc1nnc(Nc2ccc(C)c(C)c2)s1. The molecule has 0 aliphatic carbocycles. The summed E-state index contributed by atoms with van der Waals surface area (Å²) in [6.45, 7) is 5.99. The molecule has 3 aromatic rings. The Morgan fingerprint density at radius 2 is 1.93 bits per heavy atom. The van der Waals surface area contributed by atoms with E-state index in [4.69, 9.17) is 4.74 Å². The first-order valence-electron chi connectivity index (χ1n) is 8.74. The molecular weight excluding hydrogens is 392 g/mol. The molecule has 146 valence electrons. The molecule has 3 rings (SSSR count). The molecule has 0 bridgehead atoms. The third kappa shape index (κ3) is 5.02. The Labute approximate surface area is 172 Å². The van der Waals surface area contributed by atoms with Crippen LogP contribution in [0.2, 0.25) is 0 Å². The van der Waals surface area contributed by atoms with Gasteiger partial charge in [0.1, 0.15) is 5.75 Å². The summed E-state index contributed by atoms with van der Waals surface area (Å²) in [6, 6.07) is 13.5. The first kappa shape index (κ1) is 20.2. The summed E-state index contributed by atoms with van der Waals surface area (Å²) < 4.78 is 6.00. The number of aromatic nitrogens is 2. The molecule has 2 N–H and O–H groups in total. The molecule has 1 aromatic heterocycles. The van der Waals surface area contributed by atoms with Crippen LogP contribution in [0.1, 0.15) is 18.1 Å². The van der Waals surface area contributed by atoms with E-state index in [1.165, 1.54) is 34.2 Å². The highest BCUT2D eigenvalue weighted by Crippen LogP contribution is 2.32. The minimum absolute atomic E-state index is 0.117. The summed E-state index contributed by atoms with van der Waals surface area (Å²) in [7, 11) is 1.58. The maximum Gasteiger partial charge on any atom is 0.237 e. The van der Waals surface area contributed by atoms with Crippen LogP contribution in [0.5, 0.6) is 5.75 Å². The van der Waals surface area contributed by atoms with Crippen LogP contribution in [0.15, 0.2) is 46.8 Å². The number of anilines is 3. The Morgan fingerprint density at radius 3 is 2.68 bits per heavy atom. The summed E-state index contributed by atoms with van der Waals surface area (Å²) in [4.78, 5) is 12.5. The molecule has 0 spiro atoms. The van der Waals surface area contributed by atoms with E-state index in [1.807, 2.05) is 37.3 Å². The summed E-state index contributed by atoms with van der Waals surface area (Å²) in [6.07, 6.45) is 0. The number of aryl methyl sites for hydroxylation is 2. The number of carbonyl (C=O) groups is 1. The average Bonchev–Trinajstić information content (AvgIpc) is 3.12. The molecule has 0 fully saturated rings. The lowest BCUT2D eigenvalue weighted by atomic mass is 10.1. The summed E-state index contributed by atoms with van der Waals surface area (Å²) in [5.41, 5.74) is 4.08. The van der Waals surface area contributed by atoms with E-state index < -0.39 is 0 Å².